The molecule has 0 unspecified atom stereocenters. The molecule has 0 aliphatic carbocycles. The summed E-state index contributed by atoms with van der Waals surface area (Å²) in [6.07, 6.45) is -0.529. The minimum absolute atomic E-state index is 0.0183. The minimum Gasteiger partial charge on any atom is -0.461 e. The van der Waals surface area contributed by atoms with Crippen LogP contribution in [0.15, 0.2) is 30.3 Å². The Morgan fingerprint density at radius 3 is 2.16 bits per heavy atom. The van der Waals surface area contributed by atoms with E-state index in [4.69, 9.17) is 15.2 Å². The zero-order valence-electron chi connectivity index (χ0n) is 19.5. The van der Waals surface area contributed by atoms with Gasteiger partial charge in [-0.25, -0.2) is 4.79 Å². The highest BCUT2D eigenvalue weighted by Gasteiger charge is 2.28. The summed E-state index contributed by atoms with van der Waals surface area (Å²) in [5.41, 5.74) is 5.52. The number of hydrogen-bond acceptors (Lipinski definition) is 6. The number of nitrogens with one attached hydrogen (secondary N) is 2. The van der Waals surface area contributed by atoms with E-state index in [0.717, 1.165) is 5.56 Å². The Morgan fingerprint density at radius 1 is 1.00 bits per heavy atom. The van der Waals surface area contributed by atoms with Gasteiger partial charge in [-0.3, -0.25) is 14.4 Å². The fourth-order valence-electron chi connectivity index (χ4n) is 2.78. The zero-order chi connectivity index (χ0) is 24.3. The monoisotopic (exact) mass is 449 g/mol. The lowest BCUT2D eigenvalue weighted by Gasteiger charge is -2.25. The van der Waals surface area contributed by atoms with Gasteiger partial charge in [-0.2, -0.15) is 0 Å². The van der Waals surface area contributed by atoms with Crippen LogP contribution < -0.4 is 16.4 Å². The third kappa shape index (κ3) is 11.3. The summed E-state index contributed by atoms with van der Waals surface area (Å²) >= 11 is 0. The van der Waals surface area contributed by atoms with Crippen LogP contribution in [0.25, 0.3) is 0 Å². The van der Waals surface area contributed by atoms with Gasteiger partial charge in [0.25, 0.3) is 0 Å². The number of primary amides is 1. The molecule has 0 fully saturated rings. The highest BCUT2D eigenvalue weighted by molar-refractivity contribution is 5.91. The molecule has 32 heavy (non-hydrogen) atoms. The molecule has 0 aliphatic rings. The number of nitrogens with two attached hydrogens (primary N) is 1. The molecule has 9 nitrogen and oxygen atoms in total. The van der Waals surface area contributed by atoms with Crippen LogP contribution in [-0.2, 0) is 30.5 Å². The van der Waals surface area contributed by atoms with E-state index >= 15 is 0 Å². The molecular weight excluding hydrogens is 414 g/mol. The van der Waals surface area contributed by atoms with Crippen LogP contribution in [-0.4, -0.2) is 41.6 Å². The van der Waals surface area contributed by atoms with Crippen LogP contribution in [0.5, 0.6) is 0 Å². The smallest absolute Gasteiger partial charge is 0.408 e. The van der Waals surface area contributed by atoms with Crippen molar-refractivity contribution in [2.24, 2.45) is 11.7 Å². The zero-order valence-corrected chi connectivity index (χ0v) is 19.5. The van der Waals surface area contributed by atoms with E-state index in [9.17, 15) is 19.2 Å². The van der Waals surface area contributed by atoms with E-state index in [2.05, 4.69) is 10.6 Å². The SMILES string of the molecule is CC(C)C[C@@H](NC(=O)OC(C)(C)C)C(=O)N[C@@H](CCC(=O)OCc1ccccc1)C(N)=O. The minimum atomic E-state index is -1.08. The van der Waals surface area contributed by atoms with Crippen molar-refractivity contribution in [3.63, 3.8) is 0 Å². The Kier molecular flexibility index (Phi) is 10.7. The number of carbonyl (C=O) groups excluding carboxylic acids is 4. The molecule has 0 heterocycles. The van der Waals surface area contributed by atoms with Gasteiger partial charge in [0.15, 0.2) is 0 Å². The van der Waals surface area contributed by atoms with Crippen molar-refractivity contribution in [1.29, 1.82) is 0 Å². The average molecular weight is 450 g/mol. The molecule has 0 bridgehead atoms. The first kappa shape index (κ1) is 26.9. The Bertz CT molecular complexity index is 774. The summed E-state index contributed by atoms with van der Waals surface area (Å²) in [7, 11) is 0. The van der Waals surface area contributed by atoms with Gasteiger partial charge < -0.3 is 25.8 Å². The van der Waals surface area contributed by atoms with Gasteiger partial charge in [0.1, 0.15) is 24.3 Å². The predicted octanol–water partition coefficient (Wildman–Crippen LogP) is 2.42. The van der Waals surface area contributed by atoms with E-state index < -0.39 is 41.6 Å². The van der Waals surface area contributed by atoms with Crippen LogP contribution in [0, 0.1) is 5.92 Å². The Hall–Kier alpha value is -3.10. The van der Waals surface area contributed by atoms with E-state index in [0.29, 0.717) is 6.42 Å². The summed E-state index contributed by atoms with van der Waals surface area (Å²) in [6, 6.07) is 7.17. The first-order valence-electron chi connectivity index (χ1n) is 10.7. The summed E-state index contributed by atoms with van der Waals surface area (Å²) in [5, 5.41) is 5.06. The summed E-state index contributed by atoms with van der Waals surface area (Å²) in [4.78, 5) is 48.7. The maximum Gasteiger partial charge on any atom is 0.408 e. The van der Waals surface area contributed by atoms with Gasteiger partial charge in [0.2, 0.25) is 11.8 Å². The van der Waals surface area contributed by atoms with Crippen LogP contribution >= 0.6 is 0 Å². The number of esters is 1. The van der Waals surface area contributed by atoms with Crippen molar-refractivity contribution < 1.29 is 28.7 Å². The van der Waals surface area contributed by atoms with E-state index in [-0.39, 0.29) is 25.4 Å². The summed E-state index contributed by atoms with van der Waals surface area (Å²) < 4.78 is 10.4. The number of amides is 3. The first-order valence-corrected chi connectivity index (χ1v) is 10.7. The molecule has 3 amide bonds. The molecule has 9 heteroatoms. The molecule has 178 valence electrons. The van der Waals surface area contributed by atoms with Gasteiger partial charge in [0.05, 0.1) is 0 Å². The highest BCUT2D eigenvalue weighted by atomic mass is 16.6. The second-order valence-corrected chi connectivity index (χ2v) is 8.98. The third-order valence-electron chi connectivity index (χ3n) is 4.25. The fourth-order valence-corrected chi connectivity index (χ4v) is 2.78. The lowest BCUT2D eigenvalue weighted by molar-refractivity contribution is -0.145. The number of rotatable bonds is 11. The second kappa shape index (κ2) is 12.7. The summed E-state index contributed by atoms with van der Waals surface area (Å²) in [5.74, 6) is -1.79. The van der Waals surface area contributed by atoms with Crippen LogP contribution in [0.1, 0.15) is 59.4 Å². The number of alkyl carbamates (subject to hydrolysis) is 1. The van der Waals surface area contributed by atoms with Gasteiger partial charge in [-0.15, -0.1) is 0 Å². The Morgan fingerprint density at radius 2 is 1.62 bits per heavy atom. The normalized spacial score (nSPS) is 13.1. The molecule has 2 atom stereocenters. The van der Waals surface area contributed by atoms with Crippen molar-refractivity contribution in [2.45, 2.75) is 78.2 Å². The number of ether oxygens (including phenoxy) is 2. The third-order valence-corrected chi connectivity index (χ3v) is 4.25. The number of carbonyl (C=O) groups is 4. The van der Waals surface area contributed by atoms with Crippen molar-refractivity contribution in [1.82, 2.24) is 10.6 Å². The lowest BCUT2D eigenvalue weighted by Crippen LogP contribution is -2.54. The highest BCUT2D eigenvalue weighted by Crippen LogP contribution is 2.11. The second-order valence-electron chi connectivity index (χ2n) is 8.98. The molecule has 4 N–H and O–H groups in total. The largest absolute Gasteiger partial charge is 0.461 e. The van der Waals surface area contributed by atoms with Gasteiger partial charge in [-0.1, -0.05) is 44.2 Å². The molecule has 0 saturated carbocycles. The van der Waals surface area contributed by atoms with Crippen molar-refractivity contribution in [3.05, 3.63) is 35.9 Å². The Balaban J connectivity index is 2.65. The number of benzene rings is 1. The number of hydrogen-bond donors (Lipinski definition) is 3. The van der Waals surface area contributed by atoms with Crippen LogP contribution in [0.4, 0.5) is 4.79 Å². The molecular formula is C23H35N3O6. The molecule has 1 aromatic rings. The molecule has 1 aromatic carbocycles. The van der Waals surface area contributed by atoms with Gasteiger partial charge >= 0.3 is 12.1 Å². The molecule has 0 spiro atoms. The molecule has 0 saturated heterocycles. The predicted molar refractivity (Wildman–Crippen MR) is 119 cm³/mol. The van der Waals surface area contributed by atoms with Crippen molar-refractivity contribution in [2.75, 3.05) is 0 Å². The van der Waals surface area contributed by atoms with E-state index in [1.165, 1.54) is 0 Å². The molecule has 0 aromatic heterocycles. The van der Waals surface area contributed by atoms with Crippen molar-refractivity contribution >= 4 is 23.9 Å². The van der Waals surface area contributed by atoms with Crippen molar-refractivity contribution in [3.8, 4) is 0 Å². The van der Waals surface area contributed by atoms with Crippen LogP contribution in [0.2, 0.25) is 0 Å². The Labute approximate surface area is 189 Å². The standard InChI is InChI=1S/C23H35N3O6/c1-15(2)13-18(26-22(30)32-23(3,4)5)21(29)25-17(20(24)28)11-12-19(27)31-14-16-9-7-6-8-10-16/h6-10,15,17-18H,11-14H2,1-5H3,(H2,24,28)(H,25,29)(H,26,30)/t17-,18+/m0/s1. The van der Waals surface area contributed by atoms with E-state index in [1.807, 2.05) is 44.2 Å². The molecule has 0 radical (unpaired) electrons. The average Bonchev–Trinajstić information content (AvgIpc) is 2.67. The summed E-state index contributed by atoms with van der Waals surface area (Å²) in [6.45, 7) is 9.04. The molecule has 0 aliphatic heterocycles. The van der Waals surface area contributed by atoms with E-state index in [1.54, 1.807) is 20.8 Å². The van der Waals surface area contributed by atoms with Gasteiger partial charge in [0, 0.05) is 6.42 Å². The maximum absolute atomic E-state index is 12.7. The first-order chi connectivity index (χ1) is 14.9. The molecule has 1 rings (SSSR count). The van der Waals surface area contributed by atoms with Crippen LogP contribution in [0.3, 0.4) is 0 Å². The maximum atomic E-state index is 12.7. The quantitative estimate of drug-likeness (QED) is 0.444. The lowest BCUT2D eigenvalue weighted by atomic mass is 10.0. The topological polar surface area (TPSA) is 137 Å². The van der Waals surface area contributed by atoms with Gasteiger partial charge in [-0.05, 0) is 45.1 Å². The fraction of sp³-hybridized carbons (Fsp3) is 0.565.